The predicted molar refractivity (Wildman–Crippen MR) is 114 cm³/mol. The van der Waals surface area contributed by atoms with Crippen molar-refractivity contribution < 1.29 is 17.6 Å². The van der Waals surface area contributed by atoms with Crippen LogP contribution in [0.5, 0.6) is 0 Å². The SMILES string of the molecule is CC(C)c1ccc(CCCNC(=O)CN(Cc2ccccc2F)S(C)(=O)=O)cc1. The number of amides is 1. The van der Waals surface area contributed by atoms with E-state index in [1.807, 2.05) is 0 Å². The van der Waals surface area contributed by atoms with Gasteiger partial charge < -0.3 is 5.32 Å². The van der Waals surface area contributed by atoms with Crippen molar-refractivity contribution in [3.63, 3.8) is 0 Å². The van der Waals surface area contributed by atoms with Gasteiger partial charge in [0, 0.05) is 18.7 Å². The standard InChI is InChI=1S/C22H29FN2O3S/c1-17(2)19-12-10-18(11-13-19)7-6-14-24-22(26)16-25(29(3,27)28)15-20-8-4-5-9-21(20)23/h4-5,8-13,17H,6-7,14-16H2,1-3H3,(H,24,26). The van der Waals surface area contributed by atoms with Crippen LogP contribution in [0, 0.1) is 5.82 Å². The lowest BCUT2D eigenvalue weighted by Gasteiger charge is -2.20. The molecule has 2 aromatic rings. The summed E-state index contributed by atoms with van der Waals surface area (Å²) in [6.07, 6.45) is 2.59. The second kappa shape index (κ2) is 10.5. The van der Waals surface area contributed by atoms with Gasteiger partial charge in [0.1, 0.15) is 5.82 Å². The summed E-state index contributed by atoms with van der Waals surface area (Å²) in [5.41, 5.74) is 2.72. The Labute approximate surface area is 173 Å². The first kappa shape index (κ1) is 23.0. The monoisotopic (exact) mass is 420 g/mol. The molecule has 0 heterocycles. The van der Waals surface area contributed by atoms with E-state index in [0.717, 1.165) is 23.4 Å². The molecular formula is C22H29FN2O3S. The van der Waals surface area contributed by atoms with Crippen LogP contribution in [0.15, 0.2) is 48.5 Å². The Bertz CT molecular complexity index is 912. The quantitative estimate of drug-likeness (QED) is 0.599. The Morgan fingerprint density at radius 2 is 1.76 bits per heavy atom. The minimum Gasteiger partial charge on any atom is -0.355 e. The molecule has 5 nitrogen and oxygen atoms in total. The zero-order valence-electron chi connectivity index (χ0n) is 17.2. The van der Waals surface area contributed by atoms with Crippen molar-refractivity contribution in [2.75, 3.05) is 19.3 Å². The maximum atomic E-state index is 13.8. The second-order valence-corrected chi connectivity index (χ2v) is 9.45. The third-order valence-electron chi connectivity index (χ3n) is 4.70. The molecule has 7 heteroatoms. The summed E-state index contributed by atoms with van der Waals surface area (Å²) >= 11 is 0. The maximum absolute atomic E-state index is 13.8. The molecule has 1 N–H and O–H groups in total. The number of aryl methyl sites for hydroxylation is 1. The number of hydrogen-bond donors (Lipinski definition) is 1. The highest BCUT2D eigenvalue weighted by Gasteiger charge is 2.21. The molecule has 0 atom stereocenters. The molecule has 0 fully saturated rings. The first-order valence-corrected chi connectivity index (χ1v) is 11.6. The van der Waals surface area contributed by atoms with Gasteiger partial charge in [-0.25, -0.2) is 12.8 Å². The highest BCUT2D eigenvalue weighted by atomic mass is 32.2. The molecule has 2 aromatic carbocycles. The fraction of sp³-hybridized carbons (Fsp3) is 0.409. The highest BCUT2D eigenvalue weighted by Crippen LogP contribution is 2.15. The van der Waals surface area contributed by atoms with Crippen LogP contribution in [0.4, 0.5) is 4.39 Å². The summed E-state index contributed by atoms with van der Waals surface area (Å²) in [5, 5.41) is 2.75. The van der Waals surface area contributed by atoms with Crippen LogP contribution >= 0.6 is 0 Å². The lowest BCUT2D eigenvalue weighted by Crippen LogP contribution is -2.40. The van der Waals surface area contributed by atoms with Crippen LogP contribution in [0.3, 0.4) is 0 Å². The van der Waals surface area contributed by atoms with Gasteiger partial charge in [-0.05, 0) is 36.0 Å². The summed E-state index contributed by atoms with van der Waals surface area (Å²) in [6, 6.07) is 14.4. The normalized spacial score (nSPS) is 11.8. The van der Waals surface area contributed by atoms with Crippen LogP contribution in [0.2, 0.25) is 0 Å². The smallest absolute Gasteiger partial charge is 0.235 e. The predicted octanol–water partition coefficient (Wildman–Crippen LogP) is 3.46. The lowest BCUT2D eigenvalue weighted by molar-refractivity contribution is -0.121. The zero-order chi connectivity index (χ0) is 21.4. The van der Waals surface area contributed by atoms with E-state index in [1.54, 1.807) is 6.07 Å². The second-order valence-electron chi connectivity index (χ2n) is 7.47. The topological polar surface area (TPSA) is 66.5 Å². The van der Waals surface area contributed by atoms with Gasteiger partial charge in [-0.1, -0.05) is 56.3 Å². The van der Waals surface area contributed by atoms with E-state index >= 15 is 0 Å². The van der Waals surface area contributed by atoms with Crippen LogP contribution in [-0.4, -0.2) is 38.0 Å². The number of carbonyl (C=O) groups excluding carboxylic acids is 1. The molecule has 2 rings (SSSR count). The number of nitrogens with one attached hydrogen (secondary N) is 1. The molecule has 1 amide bonds. The van der Waals surface area contributed by atoms with Crippen molar-refractivity contribution in [3.05, 3.63) is 71.0 Å². The van der Waals surface area contributed by atoms with E-state index in [4.69, 9.17) is 0 Å². The fourth-order valence-corrected chi connectivity index (χ4v) is 3.64. The summed E-state index contributed by atoms with van der Waals surface area (Å²) in [6.45, 7) is 4.23. The van der Waals surface area contributed by atoms with Gasteiger partial charge in [0.25, 0.3) is 0 Å². The Morgan fingerprint density at radius 1 is 1.10 bits per heavy atom. The third kappa shape index (κ3) is 7.59. The van der Waals surface area contributed by atoms with Crippen LogP contribution in [0.25, 0.3) is 0 Å². The molecule has 0 aliphatic carbocycles. The minimum absolute atomic E-state index is 0.179. The first-order chi connectivity index (χ1) is 13.7. The van der Waals surface area contributed by atoms with Crippen molar-refractivity contribution in [1.29, 1.82) is 0 Å². The van der Waals surface area contributed by atoms with Gasteiger partial charge >= 0.3 is 0 Å². The van der Waals surface area contributed by atoms with E-state index < -0.39 is 21.7 Å². The van der Waals surface area contributed by atoms with Crippen LogP contribution < -0.4 is 5.32 Å². The van der Waals surface area contributed by atoms with Crippen molar-refractivity contribution in [3.8, 4) is 0 Å². The third-order valence-corrected chi connectivity index (χ3v) is 5.90. The summed E-state index contributed by atoms with van der Waals surface area (Å²) in [4.78, 5) is 12.2. The maximum Gasteiger partial charge on any atom is 0.235 e. The first-order valence-electron chi connectivity index (χ1n) is 9.71. The molecule has 0 bridgehead atoms. The largest absolute Gasteiger partial charge is 0.355 e. The molecule has 29 heavy (non-hydrogen) atoms. The molecule has 0 aromatic heterocycles. The van der Waals surface area contributed by atoms with Gasteiger partial charge in [-0.15, -0.1) is 0 Å². The Balaban J connectivity index is 1.83. The molecule has 0 saturated heterocycles. The van der Waals surface area contributed by atoms with Gasteiger partial charge in [0.05, 0.1) is 12.8 Å². The molecule has 158 valence electrons. The Kier molecular flexibility index (Phi) is 8.34. The molecule has 0 aliphatic heterocycles. The van der Waals surface area contributed by atoms with E-state index in [-0.39, 0.29) is 18.7 Å². The summed E-state index contributed by atoms with van der Waals surface area (Å²) in [7, 11) is -3.65. The molecule has 0 unspecified atom stereocenters. The van der Waals surface area contributed by atoms with E-state index in [9.17, 15) is 17.6 Å². The number of carbonyl (C=O) groups is 1. The zero-order valence-corrected chi connectivity index (χ0v) is 18.0. The molecule has 0 saturated carbocycles. The minimum atomic E-state index is -3.65. The van der Waals surface area contributed by atoms with Crippen LogP contribution in [-0.2, 0) is 27.8 Å². The van der Waals surface area contributed by atoms with E-state index in [0.29, 0.717) is 12.5 Å². The highest BCUT2D eigenvalue weighted by molar-refractivity contribution is 7.88. The number of halogens is 1. The number of sulfonamides is 1. The molecular weight excluding hydrogens is 391 g/mol. The van der Waals surface area contributed by atoms with Crippen molar-refractivity contribution in [1.82, 2.24) is 9.62 Å². The fourth-order valence-electron chi connectivity index (χ4n) is 2.91. The molecule has 0 spiro atoms. The van der Waals surface area contributed by atoms with Crippen molar-refractivity contribution >= 4 is 15.9 Å². The Morgan fingerprint density at radius 3 is 2.34 bits per heavy atom. The molecule has 0 radical (unpaired) electrons. The van der Waals surface area contributed by atoms with Gasteiger partial charge in [0.2, 0.25) is 15.9 Å². The van der Waals surface area contributed by atoms with E-state index in [1.165, 1.54) is 29.3 Å². The Hall–Kier alpha value is -2.25. The van der Waals surface area contributed by atoms with E-state index in [2.05, 4.69) is 43.4 Å². The van der Waals surface area contributed by atoms with Crippen molar-refractivity contribution in [2.24, 2.45) is 0 Å². The average molecular weight is 421 g/mol. The number of rotatable bonds is 10. The molecule has 0 aliphatic rings. The average Bonchev–Trinajstić information content (AvgIpc) is 2.66. The van der Waals surface area contributed by atoms with Crippen LogP contribution in [0.1, 0.15) is 42.9 Å². The number of nitrogens with zero attached hydrogens (tertiary/aromatic N) is 1. The van der Waals surface area contributed by atoms with Gasteiger partial charge in [-0.2, -0.15) is 4.31 Å². The van der Waals surface area contributed by atoms with Crippen molar-refractivity contribution in [2.45, 2.75) is 39.2 Å². The summed E-state index contributed by atoms with van der Waals surface area (Å²) in [5.74, 6) is -0.405. The lowest BCUT2D eigenvalue weighted by atomic mass is 10.0. The number of benzene rings is 2. The number of hydrogen-bond acceptors (Lipinski definition) is 3. The van der Waals surface area contributed by atoms with Gasteiger partial charge in [0.15, 0.2) is 0 Å². The van der Waals surface area contributed by atoms with Gasteiger partial charge in [-0.3, -0.25) is 4.79 Å². The summed E-state index contributed by atoms with van der Waals surface area (Å²) < 4.78 is 38.8.